The number of ether oxygens (including phenoxy) is 1. The molecule has 5 unspecified atom stereocenters. The van der Waals surface area contributed by atoms with Crippen molar-refractivity contribution in [1.82, 2.24) is 0 Å². The van der Waals surface area contributed by atoms with Gasteiger partial charge in [0.05, 0.1) is 12.2 Å². The zero-order chi connectivity index (χ0) is 14.3. The van der Waals surface area contributed by atoms with E-state index in [0.717, 1.165) is 24.2 Å². The van der Waals surface area contributed by atoms with Gasteiger partial charge in [-0.1, -0.05) is 40.0 Å². The van der Waals surface area contributed by atoms with Crippen LogP contribution in [0, 0.1) is 23.2 Å². The molecule has 20 heavy (non-hydrogen) atoms. The molecule has 3 aliphatic carbocycles. The van der Waals surface area contributed by atoms with Crippen LogP contribution in [-0.2, 0) is 4.74 Å². The normalized spacial score (nSPS) is 44.0. The van der Waals surface area contributed by atoms with E-state index in [1.165, 1.54) is 44.9 Å². The van der Waals surface area contributed by atoms with Crippen LogP contribution in [0.15, 0.2) is 0 Å². The first-order chi connectivity index (χ1) is 9.53. The van der Waals surface area contributed by atoms with Gasteiger partial charge in [0.1, 0.15) is 0 Å². The molecule has 5 atom stereocenters. The third kappa shape index (κ3) is 2.43. The van der Waals surface area contributed by atoms with Crippen molar-refractivity contribution in [3.05, 3.63) is 0 Å². The van der Waals surface area contributed by atoms with E-state index in [9.17, 15) is 0 Å². The number of rotatable bonds is 3. The lowest BCUT2D eigenvalue weighted by atomic mass is 9.60. The minimum atomic E-state index is 0.363. The average molecular weight is 279 g/mol. The summed E-state index contributed by atoms with van der Waals surface area (Å²) in [4.78, 5) is 0. The molecule has 2 N–H and O–H groups in total. The van der Waals surface area contributed by atoms with Gasteiger partial charge in [-0.25, -0.2) is 0 Å². The van der Waals surface area contributed by atoms with Crippen LogP contribution in [-0.4, -0.2) is 18.2 Å². The van der Waals surface area contributed by atoms with E-state index in [0.29, 0.717) is 23.7 Å². The Balaban J connectivity index is 1.66. The molecule has 3 rings (SSSR count). The lowest BCUT2D eigenvalue weighted by Gasteiger charge is -2.54. The van der Waals surface area contributed by atoms with Crippen molar-refractivity contribution in [2.75, 3.05) is 0 Å². The molecule has 0 aromatic rings. The van der Waals surface area contributed by atoms with Crippen molar-refractivity contribution >= 4 is 0 Å². The molecule has 0 aliphatic heterocycles. The predicted octanol–water partition coefficient (Wildman–Crippen LogP) is 4.12. The maximum Gasteiger partial charge on any atom is 0.0665 e. The zero-order valence-corrected chi connectivity index (χ0v) is 13.6. The summed E-state index contributed by atoms with van der Waals surface area (Å²) in [6.45, 7) is 7.13. The summed E-state index contributed by atoms with van der Waals surface area (Å²) in [5.74, 6) is 2.35. The zero-order valence-electron chi connectivity index (χ0n) is 13.6. The van der Waals surface area contributed by atoms with Gasteiger partial charge in [-0.3, -0.25) is 0 Å². The average Bonchev–Trinajstić information content (AvgIpc) is 2.90. The number of nitrogens with two attached hydrogens (primary N) is 1. The standard InChI is InChI=1S/C18H33NO/c1-12(2)14-7-6-13(3)10-15(14)20-17-11-16(19)18(17)8-4-5-9-18/h12-17H,4-11,19H2,1-3H3. The van der Waals surface area contributed by atoms with Crippen molar-refractivity contribution in [2.45, 2.75) is 90.4 Å². The van der Waals surface area contributed by atoms with Gasteiger partial charge in [0.25, 0.3) is 0 Å². The summed E-state index contributed by atoms with van der Waals surface area (Å²) in [6.07, 6.45) is 11.4. The lowest BCUT2D eigenvalue weighted by molar-refractivity contribution is -0.179. The van der Waals surface area contributed by atoms with Crippen LogP contribution in [0.2, 0.25) is 0 Å². The second kappa shape index (κ2) is 5.61. The van der Waals surface area contributed by atoms with E-state index in [4.69, 9.17) is 10.5 Å². The summed E-state index contributed by atoms with van der Waals surface area (Å²) < 4.78 is 6.70. The smallest absolute Gasteiger partial charge is 0.0665 e. The monoisotopic (exact) mass is 279 g/mol. The fourth-order valence-corrected chi connectivity index (χ4v) is 5.18. The van der Waals surface area contributed by atoms with E-state index in [2.05, 4.69) is 20.8 Å². The second-order valence-corrected chi connectivity index (χ2v) is 8.27. The topological polar surface area (TPSA) is 35.2 Å². The Morgan fingerprint density at radius 3 is 2.40 bits per heavy atom. The maximum absolute atomic E-state index is 6.70. The molecule has 0 bridgehead atoms. The second-order valence-electron chi connectivity index (χ2n) is 8.27. The Morgan fingerprint density at radius 2 is 1.80 bits per heavy atom. The van der Waals surface area contributed by atoms with Gasteiger partial charge in [-0.15, -0.1) is 0 Å². The van der Waals surface area contributed by atoms with Crippen molar-refractivity contribution in [1.29, 1.82) is 0 Å². The Hall–Kier alpha value is -0.0800. The molecule has 0 aromatic heterocycles. The van der Waals surface area contributed by atoms with Gasteiger partial charge in [-0.2, -0.15) is 0 Å². The molecule has 0 amide bonds. The van der Waals surface area contributed by atoms with Gasteiger partial charge in [0.15, 0.2) is 0 Å². The highest BCUT2D eigenvalue weighted by atomic mass is 16.5. The molecule has 0 heterocycles. The van der Waals surface area contributed by atoms with Gasteiger partial charge in [-0.05, 0) is 49.9 Å². The van der Waals surface area contributed by atoms with Gasteiger partial charge >= 0.3 is 0 Å². The first-order valence-corrected chi connectivity index (χ1v) is 8.94. The third-order valence-corrected chi connectivity index (χ3v) is 6.68. The van der Waals surface area contributed by atoms with Crippen LogP contribution in [0.3, 0.4) is 0 Å². The highest BCUT2D eigenvalue weighted by Crippen LogP contribution is 2.55. The Bertz CT molecular complexity index is 334. The first kappa shape index (κ1) is 14.8. The van der Waals surface area contributed by atoms with Crippen molar-refractivity contribution in [3.8, 4) is 0 Å². The predicted molar refractivity (Wildman–Crippen MR) is 83.5 cm³/mol. The third-order valence-electron chi connectivity index (χ3n) is 6.68. The van der Waals surface area contributed by atoms with Crippen molar-refractivity contribution in [2.24, 2.45) is 28.9 Å². The summed E-state index contributed by atoms with van der Waals surface area (Å²) in [5.41, 5.74) is 6.72. The molecule has 116 valence electrons. The molecule has 3 aliphatic rings. The highest BCUT2D eigenvalue weighted by Gasteiger charge is 2.56. The van der Waals surface area contributed by atoms with Gasteiger partial charge < -0.3 is 10.5 Å². The number of hydrogen-bond acceptors (Lipinski definition) is 2. The maximum atomic E-state index is 6.70. The van der Waals surface area contributed by atoms with E-state index in [1.54, 1.807) is 0 Å². The molecule has 0 aromatic carbocycles. The van der Waals surface area contributed by atoms with E-state index < -0.39 is 0 Å². The summed E-state index contributed by atoms with van der Waals surface area (Å²) >= 11 is 0. The van der Waals surface area contributed by atoms with Crippen LogP contribution in [0.1, 0.15) is 72.1 Å². The minimum absolute atomic E-state index is 0.363. The largest absolute Gasteiger partial charge is 0.374 e. The van der Waals surface area contributed by atoms with Crippen LogP contribution < -0.4 is 5.73 Å². The fourth-order valence-electron chi connectivity index (χ4n) is 5.18. The van der Waals surface area contributed by atoms with Crippen molar-refractivity contribution in [3.63, 3.8) is 0 Å². The molecule has 0 radical (unpaired) electrons. The molecule has 1 spiro atoms. The van der Waals surface area contributed by atoms with E-state index >= 15 is 0 Å². The minimum Gasteiger partial charge on any atom is -0.374 e. The molecular formula is C18H33NO. The van der Waals surface area contributed by atoms with Gasteiger partial charge in [0, 0.05) is 11.5 Å². The van der Waals surface area contributed by atoms with Crippen molar-refractivity contribution < 1.29 is 4.74 Å². The van der Waals surface area contributed by atoms with Crippen LogP contribution in [0.4, 0.5) is 0 Å². The summed E-state index contributed by atoms with van der Waals surface area (Å²) in [6, 6.07) is 0.411. The quantitative estimate of drug-likeness (QED) is 0.843. The summed E-state index contributed by atoms with van der Waals surface area (Å²) in [5, 5.41) is 0. The lowest BCUT2D eigenvalue weighted by Crippen LogP contribution is -2.62. The molecule has 0 saturated heterocycles. The molecule has 3 saturated carbocycles. The van der Waals surface area contributed by atoms with E-state index in [-0.39, 0.29) is 0 Å². The van der Waals surface area contributed by atoms with Gasteiger partial charge in [0.2, 0.25) is 0 Å². The molecular weight excluding hydrogens is 246 g/mol. The first-order valence-electron chi connectivity index (χ1n) is 8.94. The Morgan fingerprint density at radius 1 is 1.10 bits per heavy atom. The molecule has 3 fully saturated rings. The number of hydrogen-bond donors (Lipinski definition) is 1. The Labute approximate surface area is 124 Å². The van der Waals surface area contributed by atoms with Crippen LogP contribution >= 0.6 is 0 Å². The van der Waals surface area contributed by atoms with E-state index in [1.807, 2.05) is 0 Å². The fraction of sp³-hybridized carbons (Fsp3) is 1.00. The molecule has 2 heteroatoms. The Kier molecular flexibility index (Phi) is 4.16. The highest BCUT2D eigenvalue weighted by molar-refractivity contribution is 5.09. The van der Waals surface area contributed by atoms with Crippen LogP contribution in [0.5, 0.6) is 0 Å². The SMILES string of the molecule is CC1CCC(C(C)C)C(OC2CC(N)C23CCCC3)C1. The summed E-state index contributed by atoms with van der Waals surface area (Å²) in [7, 11) is 0. The molecule has 2 nitrogen and oxygen atoms in total. The van der Waals surface area contributed by atoms with Crippen LogP contribution in [0.25, 0.3) is 0 Å².